The van der Waals surface area contributed by atoms with Gasteiger partial charge in [-0.2, -0.15) is 0 Å². The van der Waals surface area contributed by atoms with Gasteiger partial charge in [0.2, 0.25) is 0 Å². The molecular formula is C19H26ClNO4. The van der Waals surface area contributed by atoms with Crippen molar-refractivity contribution in [2.45, 2.75) is 38.2 Å². The summed E-state index contributed by atoms with van der Waals surface area (Å²) < 4.78 is 11.7. The summed E-state index contributed by atoms with van der Waals surface area (Å²) >= 11 is 6.10. The number of nitrogens with zero attached hydrogens (tertiary/aromatic N) is 1. The van der Waals surface area contributed by atoms with Gasteiger partial charge in [-0.25, -0.2) is 4.79 Å². The minimum atomic E-state index is -0.988. The van der Waals surface area contributed by atoms with E-state index in [1.54, 1.807) is 6.07 Å². The predicted molar refractivity (Wildman–Crippen MR) is 96.7 cm³/mol. The number of halogens is 1. The van der Waals surface area contributed by atoms with Crippen LogP contribution in [0.3, 0.4) is 0 Å². The third-order valence-corrected chi connectivity index (χ3v) is 5.42. The quantitative estimate of drug-likeness (QED) is 0.830. The Morgan fingerprint density at radius 3 is 2.92 bits per heavy atom. The van der Waals surface area contributed by atoms with Gasteiger partial charge in [-0.05, 0) is 62.8 Å². The highest BCUT2D eigenvalue weighted by molar-refractivity contribution is 6.32. The molecule has 0 bridgehead atoms. The molecule has 6 heteroatoms. The van der Waals surface area contributed by atoms with E-state index < -0.39 is 5.97 Å². The van der Waals surface area contributed by atoms with Crippen LogP contribution in [0.25, 0.3) is 0 Å². The second-order valence-corrected chi connectivity index (χ2v) is 7.31. The van der Waals surface area contributed by atoms with E-state index in [1.165, 1.54) is 44.2 Å². The molecule has 0 saturated carbocycles. The Morgan fingerprint density at radius 2 is 2.20 bits per heavy atom. The number of aromatic carboxylic acids is 1. The molecule has 2 aliphatic heterocycles. The van der Waals surface area contributed by atoms with Crippen LogP contribution in [0.2, 0.25) is 5.02 Å². The highest BCUT2D eigenvalue weighted by atomic mass is 35.5. The van der Waals surface area contributed by atoms with E-state index in [0.717, 1.165) is 26.2 Å². The molecule has 0 amide bonds. The zero-order valence-electron chi connectivity index (χ0n) is 14.5. The lowest BCUT2D eigenvalue weighted by atomic mass is 9.88. The number of rotatable bonds is 6. The Balaban J connectivity index is 1.46. The lowest BCUT2D eigenvalue weighted by Gasteiger charge is -2.38. The molecule has 5 nitrogen and oxygen atoms in total. The van der Waals surface area contributed by atoms with Crippen molar-refractivity contribution in [3.8, 4) is 5.75 Å². The van der Waals surface area contributed by atoms with Gasteiger partial charge in [0.15, 0.2) is 0 Å². The van der Waals surface area contributed by atoms with Gasteiger partial charge < -0.3 is 14.6 Å². The molecule has 2 fully saturated rings. The smallest absolute Gasteiger partial charge is 0.335 e. The average Bonchev–Trinajstić information content (AvgIpc) is 2.64. The van der Waals surface area contributed by atoms with Gasteiger partial charge in [0.25, 0.3) is 0 Å². The maximum absolute atomic E-state index is 10.9. The average molecular weight is 368 g/mol. The number of hydrogen-bond donors (Lipinski definition) is 1. The van der Waals surface area contributed by atoms with E-state index in [-0.39, 0.29) is 5.56 Å². The van der Waals surface area contributed by atoms with Crippen LogP contribution in [0.4, 0.5) is 0 Å². The molecule has 1 aromatic rings. The van der Waals surface area contributed by atoms with E-state index in [0.29, 0.717) is 29.4 Å². The number of ether oxygens (including phenoxy) is 2. The number of likely N-dealkylation sites (tertiary alicyclic amines) is 1. The summed E-state index contributed by atoms with van der Waals surface area (Å²) in [6.07, 6.45) is 6.57. The van der Waals surface area contributed by atoms with Crippen molar-refractivity contribution in [1.29, 1.82) is 0 Å². The van der Waals surface area contributed by atoms with Gasteiger partial charge in [0, 0.05) is 19.7 Å². The first-order valence-corrected chi connectivity index (χ1v) is 9.51. The Morgan fingerprint density at radius 1 is 1.32 bits per heavy atom. The SMILES string of the molecule is O=C(O)c1ccc(OCCN2CCCC(C3CCCCO3)C2)c(Cl)c1. The monoisotopic (exact) mass is 367 g/mol. The van der Waals surface area contributed by atoms with Crippen molar-refractivity contribution < 1.29 is 19.4 Å². The minimum absolute atomic E-state index is 0.170. The third kappa shape index (κ3) is 5.09. The lowest BCUT2D eigenvalue weighted by Crippen LogP contribution is -2.43. The van der Waals surface area contributed by atoms with Crippen molar-refractivity contribution in [3.63, 3.8) is 0 Å². The zero-order valence-corrected chi connectivity index (χ0v) is 15.2. The van der Waals surface area contributed by atoms with E-state index in [1.807, 2.05) is 0 Å². The molecule has 2 saturated heterocycles. The van der Waals surface area contributed by atoms with Crippen molar-refractivity contribution >= 4 is 17.6 Å². The van der Waals surface area contributed by atoms with Crippen LogP contribution in [-0.2, 0) is 4.74 Å². The second-order valence-electron chi connectivity index (χ2n) is 6.91. The Kier molecular flexibility index (Phi) is 6.57. The van der Waals surface area contributed by atoms with Crippen LogP contribution < -0.4 is 4.74 Å². The summed E-state index contributed by atoms with van der Waals surface area (Å²) in [7, 11) is 0. The molecule has 2 unspecified atom stereocenters. The zero-order chi connectivity index (χ0) is 17.6. The standard InChI is InChI=1S/C19H26ClNO4/c20-16-12-14(19(22)23)6-7-18(16)25-11-9-21-8-3-4-15(13-21)17-5-1-2-10-24-17/h6-7,12,15,17H,1-5,8-11,13H2,(H,22,23). The lowest BCUT2D eigenvalue weighted by molar-refractivity contribution is -0.0420. The number of carbonyl (C=O) groups is 1. The molecule has 3 rings (SSSR count). The Hall–Kier alpha value is -1.30. The van der Waals surface area contributed by atoms with Crippen LogP contribution in [0.1, 0.15) is 42.5 Å². The van der Waals surface area contributed by atoms with Crippen LogP contribution in [0.5, 0.6) is 5.75 Å². The van der Waals surface area contributed by atoms with Crippen molar-refractivity contribution in [1.82, 2.24) is 4.90 Å². The molecule has 0 aromatic heterocycles. The van der Waals surface area contributed by atoms with Crippen molar-refractivity contribution in [3.05, 3.63) is 28.8 Å². The maximum atomic E-state index is 10.9. The van der Waals surface area contributed by atoms with Gasteiger partial charge in [-0.3, -0.25) is 4.90 Å². The van der Waals surface area contributed by atoms with Gasteiger partial charge >= 0.3 is 5.97 Å². The first kappa shape index (κ1) is 18.5. The van der Waals surface area contributed by atoms with Gasteiger partial charge in [-0.15, -0.1) is 0 Å². The minimum Gasteiger partial charge on any atom is -0.491 e. The van der Waals surface area contributed by atoms with E-state index >= 15 is 0 Å². The molecule has 1 aromatic carbocycles. The first-order valence-electron chi connectivity index (χ1n) is 9.13. The van der Waals surface area contributed by atoms with E-state index in [4.69, 9.17) is 26.2 Å². The number of piperidine rings is 1. The second kappa shape index (κ2) is 8.88. The molecule has 25 heavy (non-hydrogen) atoms. The topological polar surface area (TPSA) is 59.0 Å². The summed E-state index contributed by atoms with van der Waals surface area (Å²) in [6, 6.07) is 4.57. The number of benzene rings is 1. The summed E-state index contributed by atoms with van der Waals surface area (Å²) in [5, 5.41) is 9.30. The van der Waals surface area contributed by atoms with E-state index in [2.05, 4.69) is 4.90 Å². The van der Waals surface area contributed by atoms with Gasteiger partial charge in [0.1, 0.15) is 12.4 Å². The third-order valence-electron chi connectivity index (χ3n) is 5.13. The number of carboxylic acid groups (broad SMARTS) is 1. The Labute approximate surface area is 153 Å². The fourth-order valence-electron chi connectivity index (χ4n) is 3.77. The molecule has 138 valence electrons. The van der Waals surface area contributed by atoms with Crippen LogP contribution in [0.15, 0.2) is 18.2 Å². The van der Waals surface area contributed by atoms with Crippen molar-refractivity contribution in [2.24, 2.45) is 5.92 Å². The van der Waals surface area contributed by atoms with Gasteiger partial charge in [0.05, 0.1) is 16.7 Å². The molecule has 2 atom stereocenters. The number of hydrogen-bond acceptors (Lipinski definition) is 4. The van der Waals surface area contributed by atoms with Gasteiger partial charge in [-0.1, -0.05) is 11.6 Å². The molecule has 0 radical (unpaired) electrons. The highest BCUT2D eigenvalue weighted by Gasteiger charge is 2.29. The van der Waals surface area contributed by atoms with E-state index in [9.17, 15) is 4.79 Å². The van der Waals surface area contributed by atoms with Crippen LogP contribution in [-0.4, -0.2) is 54.9 Å². The van der Waals surface area contributed by atoms with Crippen molar-refractivity contribution in [2.75, 3.05) is 32.8 Å². The molecule has 0 aliphatic carbocycles. The molecular weight excluding hydrogens is 342 g/mol. The molecule has 2 heterocycles. The predicted octanol–water partition coefficient (Wildman–Crippen LogP) is 3.70. The Bertz CT molecular complexity index is 589. The highest BCUT2D eigenvalue weighted by Crippen LogP contribution is 2.28. The van der Waals surface area contributed by atoms with Crippen LogP contribution in [0, 0.1) is 5.92 Å². The van der Waals surface area contributed by atoms with Crippen LogP contribution >= 0.6 is 11.6 Å². The fourth-order valence-corrected chi connectivity index (χ4v) is 4.01. The summed E-state index contributed by atoms with van der Waals surface area (Å²) in [5.41, 5.74) is 0.170. The fraction of sp³-hybridized carbons (Fsp3) is 0.632. The normalized spacial score (nSPS) is 24.8. The largest absolute Gasteiger partial charge is 0.491 e. The summed E-state index contributed by atoms with van der Waals surface area (Å²) in [4.78, 5) is 13.4. The molecule has 1 N–H and O–H groups in total. The number of carboxylic acids is 1. The maximum Gasteiger partial charge on any atom is 0.335 e. The molecule has 2 aliphatic rings. The first-order chi connectivity index (χ1) is 12.1. The summed E-state index contributed by atoms with van der Waals surface area (Å²) in [5.74, 6) is 0.182. The molecule has 0 spiro atoms. The summed E-state index contributed by atoms with van der Waals surface area (Å²) in [6.45, 7) is 4.47.